The van der Waals surface area contributed by atoms with Crippen LogP contribution in [0.1, 0.15) is 5.56 Å². The Balaban J connectivity index is 1.68. The number of halogens is 1. The third-order valence-electron chi connectivity index (χ3n) is 5.85. The number of fused-ring (bicyclic) bond motifs is 1. The van der Waals surface area contributed by atoms with Crippen LogP contribution in [-0.4, -0.2) is 61.1 Å². The van der Waals surface area contributed by atoms with Gasteiger partial charge in [-0.05, 0) is 42.0 Å². The number of benzene rings is 1. The largest absolute Gasteiger partial charge is 0.376 e. The number of hydrogen-bond acceptors (Lipinski definition) is 7. The summed E-state index contributed by atoms with van der Waals surface area (Å²) in [7, 11) is 4.42. The lowest BCUT2D eigenvalue weighted by Gasteiger charge is -2.24. The van der Waals surface area contributed by atoms with Crippen molar-refractivity contribution in [3.8, 4) is 0 Å². The minimum atomic E-state index is -0.759. The zero-order valence-corrected chi connectivity index (χ0v) is 20.1. The first-order chi connectivity index (χ1) is 16.9. The maximum atomic E-state index is 13.3. The molecule has 4 unspecified atom stereocenters. The molecule has 35 heavy (non-hydrogen) atoms. The Morgan fingerprint density at radius 3 is 2.60 bits per heavy atom. The van der Waals surface area contributed by atoms with Crippen molar-refractivity contribution < 1.29 is 19.0 Å². The average molecular weight is 501 g/mol. The highest BCUT2D eigenvalue weighted by Gasteiger charge is 2.29. The fourth-order valence-corrected chi connectivity index (χ4v) is 4.25. The molecule has 1 aliphatic carbocycles. The van der Waals surface area contributed by atoms with Gasteiger partial charge in [0.1, 0.15) is 11.9 Å². The number of methoxy groups -OCH3 is 3. The van der Waals surface area contributed by atoms with Gasteiger partial charge in [0.2, 0.25) is 5.91 Å². The molecule has 0 saturated heterocycles. The number of hydrogen-bond donors (Lipinski definition) is 2. The number of nitrogens with one attached hydrogen (secondary N) is 2. The van der Waals surface area contributed by atoms with E-state index in [1.54, 1.807) is 24.3 Å². The summed E-state index contributed by atoms with van der Waals surface area (Å²) in [6.45, 7) is 0.264. The minimum absolute atomic E-state index is 0.114. The number of aromatic amines is 1. The van der Waals surface area contributed by atoms with Crippen molar-refractivity contribution in [3.63, 3.8) is 0 Å². The van der Waals surface area contributed by atoms with Crippen molar-refractivity contribution in [2.45, 2.75) is 25.0 Å². The van der Waals surface area contributed by atoms with Gasteiger partial charge in [-0.2, -0.15) is 0 Å². The van der Waals surface area contributed by atoms with Gasteiger partial charge in [-0.1, -0.05) is 23.7 Å². The van der Waals surface area contributed by atoms with E-state index in [1.165, 1.54) is 39.6 Å². The quantitative estimate of drug-likeness (QED) is 0.552. The van der Waals surface area contributed by atoms with Gasteiger partial charge in [0, 0.05) is 32.9 Å². The number of nitrogens with zero attached hydrogens (tertiary/aromatic N) is 2. The summed E-state index contributed by atoms with van der Waals surface area (Å²) in [5.74, 6) is -0.968. The van der Waals surface area contributed by atoms with Gasteiger partial charge >= 0.3 is 5.69 Å². The highest BCUT2D eigenvalue weighted by Crippen LogP contribution is 2.15. The highest BCUT2D eigenvalue weighted by atomic mass is 35.5. The van der Waals surface area contributed by atoms with E-state index < -0.39 is 35.6 Å². The lowest BCUT2D eigenvalue weighted by Crippen LogP contribution is -2.58. The fourth-order valence-electron chi connectivity index (χ4n) is 4.04. The first-order valence-corrected chi connectivity index (χ1v) is 11.2. The second-order valence-corrected chi connectivity index (χ2v) is 8.41. The van der Waals surface area contributed by atoms with Gasteiger partial charge in [-0.15, -0.1) is 0 Å². The molecule has 1 amide bonds. The van der Waals surface area contributed by atoms with Crippen LogP contribution in [0.5, 0.6) is 0 Å². The van der Waals surface area contributed by atoms with Crippen LogP contribution in [0, 0.1) is 5.92 Å². The summed E-state index contributed by atoms with van der Waals surface area (Å²) in [5, 5.41) is 3.86. The van der Waals surface area contributed by atoms with Gasteiger partial charge in [0.05, 0.1) is 22.6 Å². The van der Waals surface area contributed by atoms with E-state index in [-0.39, 0.29) is 28.9 Å². The smallest absolute Gasteiger partial charge is 0.334 e. The first-order valence-electron chi connectivity index (χ1n) is 10.8. The van der Waals surface area contributed by atoms with Crippen LogP contribution in [0.2, 0.25) is 5.02 Å². The molecule has 0 bridgehead atoms. The van der Waals surface area contributed by atoms with E-state index in [9.17, 15) is 14.4 Å². The third kappa shape index (κ3) is 5.06. The van der Waals surface area contributed by atoms with Crippen LogP contribution in [0.3, 0.4) is 0 Å². The number of carbonyl (C=O) groups is 1. The monoisotopic (exact) mass is 500 g/mol. The van der Waals surface area contributed by atoms with Gasteiger partial charge in [0.25, 0.3) is 5.56 Å². The molecule has 184 valence electrons. The van der Waals surface area contributed by atoms with Gasteiger partial charge in [-0.25, -0.2) is 14.4 Å². The Morgan fingerprint density at radius 2 is 1.91 bits per heavy atom. The Bertz CT molecular complexity index is 1430. The third-order valence-corrected chi connectivity index (χ3v) is 6.08. The van der Waals surface area contributed by atoms with Gasteiger partial charge in [0.15, 0.2) is 6.23 Å². The lowest BCUT2D eigenvalue weighted by molar-refractivity contribution is -0.125. The molecule has 1 aromatic carbocycles. The van der Waals surface area contributed by atoms with Crippen molar-refractivity contribution in [2.24, 2.45) is 10.9 Å². The molecule has 2 heterocycles. The molecule has 2 N–H and O–H groups in total. The molecule has 1 aromatic heterocycles. The number of amides is 1. The predicted octanol–water partition coefficient (Wildman–Crippen LogP) is -0.484. The molecule has 10 nitrogen and oxygen atoms in total. The Kier molecular flexibility index (Phi) is 7.46. The number of aliphatic imine (C=N–C) groups is 1. The van der Waals surface area contributed by atoms with Crippen LogP contribution in [0.25, 0.3) is 12.2 Å². The lowest BCUT2D eigenvalue weighted by atomic mass is 9.95. The van der Waals surface area contributed by atoms with E-state index in [0.29, 0.717) is 5.02 Å². The summed E-state index contributed by atoms with van der Waals surface area (Å²) >= 11 is 6.00. The molecule has 2 aliphatic rings. The number of carbonyl (C=O) groups excluding carboxylic acids is 1. The number of H-pyrrole nitrogens is 1. The zero-order valence-electron chi connectivity index (χ0n) is 19.4. The number of allylic oxidation sites excluding steroid dienone is 1. The second kappa shape index (κ2) is 10.5. The highest BCUT2D eigenvalue weighted by molar-refractivity contribution is 6.30. The fraction of sp³-hybridized carbons (Fsp3) is 0.333. The number of dihydropyridines is 1. The van der Waals surface area contributed by atoms with E-state index >= 15 is 0 Å². The van der Waals surface area contributed by atoms with Crippen molar-refractivity contribution in [1.29, 1.82) is 0 Å². The van der Waals surface area contributed by atoms with E-state index in [2.05, 4.69) is 15.3 Å². The molecule has 4 rings (SSSR count). The Labute approximate surface area is 205 Å². The molecular weight excluding hydrogens is 476 g/mol. The summed E-state index contributed by atoms with van der Waals surface area (Å²) in [6.07, 6.45) is 4.38. The molecule has 0 fully saturated rings. The molecule has 2 aromatic rings. The SMILES string of the molecule is COC1C=CC(n2c(=O)[nH]c3c(c2=O)=CC(OC)C(C(=O)NCc2cccc(Cl)c2)C=3)=NC1OC. The minimum Gasteiger partial charge on any atom is -0.376 e. The molecule has 4 atom stereocenters. The van der Waals surface area contributed by atoms with Crippen LogP contribution in [0.15, 0.2) is 51.0 Å². The number of ether oxygens (including phenoxy) is 3. The number of rotatable bonds is 6. The van der Waals surface area contributed by atoms with Crippen LogP contribution in [-0.2, 0) is 25.5 Å². The number of aromatic nitrogens is 2. The topological polar surface area (TPSA) is 124 Å². The van der Waals surface area contributed by atoms with Crippen LogP contribution < -0.4 is 27.1 Å². The molecule has 0 spiro atoms. The maximum absolute atomic E-state index is 13.3. The van der Waals surface area contributed by atoms with Crippen molar-refractivity contribution >= 4 is 35.5 Å². The standard InChI is InChI=1S/C24H25ClN4O6/c1-33-18-7-8-20(28-22(18)35-3)29-23(31)15-11-19(34-2)16(10-17(15)27-24(29)32)21(30)26-12-13-5-4-6-14(25)9-13/h4-11,16,18-19,22H,12H2,1-3H3,(H,26,30)(H,27,32). The maximum Gasteiger partial charge on any atom is 0.334 e. The Morgan fingerprint density at radius 1 is 1.14 bits per heavy atom. The first kappa shape index (κ1) is 24.8. The van der Waals surface area contributed by atoms with E-state index in [0.717, 1.165) is 10.1 Å². The molecule has 0 radical (unpaired) electrons. The zero-order chi connectivity index (χ0) is 25.1. The summed E-state index contributed by atoms with van der Waals surface area (Å²) in [5.41, 5.74) is -0.446. The second-order valence-electron chi connectivity index (χ2n) is 7.98. The summed E-state index contributed by atoms with van der Waals surface area (Å²) < 4.78 is 17.0. The average Bonchev–Trinajstić information content (AvgIpc) is 2.86. The van der Waals surface area contributed by atoms with E-state index in [1.807, 2.05) is 6.07 Å². The Hall–Kier alpha value is -3.31. The molecule has 0 saturated carbocycles. The summed E-state index contributed by atoms with van der Waals surface area (Å²) in [4.78, 5) is 46.1. The molecule has 1 aliphatic heterocycles. The predicted molar refractivity (Wildman–Crippen MR) is 131 cm³/mol. The van der Waals surface area contributed by atoms with Gasteiger partial charge in [-0.3, -0.25) is 9.59 Å². The van der Waals surface area contributed by atoms with Crippen LogP contribution >= 0.6 is 11.6 Å². The summed E-state index contributed by atoms with van der Waals surface area (Å²) in [6, 6.07) is 7.15. The van der Waals surface area contributed by atoms with Gasteiger partial charge < -0.3 is 24.5 Å². The van der Waals surface area contributed by atoms with Crippen LogP contribution in [0.4, 0.5) is 0 Å². The van der Waals surface area contributed by atoms with Crippen molar-refractivity contribution in [2.75, 3.05) is 21.3 Å². The molecular formula is C24H25ClN4O6. The van der Waals surface area contributed by atoms with Crippen molar-refractivity contribution in [1.82, 2.24) is 14.9 Å². The van der Waals surface area contributed by atoms with E-state index in [4.69, 9.17) is 25.8 Å². The van der Waals surface area contributed by atoms with Crippen molar-refractivity contribution in [3.05, 3.63) is 78.4 Å². The normalized spacial score (nSPS) is 23.0. The molecule has 11 heteroatoms.